The van der Waals surface area contributed by atoms with Crippen molar-refractivity contribution in [2.24, 2.45) is 0 Å². The molecule has 0 aliphatic heterocycles. The number of nitrogens with one attached hydrogen (secondary N) is 1. The van der Waals surface area contributed by atoms with E-state index in [0.717, 1.165) is 36.0 Å². The number of carbonyl (C=O) groups is 1. The van der Waals surface area contributed by atoms with Crippen LogP contribution in [-0.2, 0) is 34.5 Å². The topological polar surface area (TPSA) is 91.6 Å². The molecule has 0 spiro atoms. The summed E-state index contributed by atoms with van der Waals surface area (Å²) in [6.07, 6.45) is 2.45. The molecule has 0 saturated carbocycles. The van der Waals surface area contributed by atoms with Gasteiger partial charge in [0.15, 0.2) is 5.54 Å². The molecule has 0 aliphatic rings. The van der Waals surface area contributed by atoms with Crippen LogP contribution in [0.15, 0.2) is 66.7 Å². The molecule has 0 fully saturated rings. The molecule has 1 unspecified atom stereocenters. The number of anilines is 1. The molecule has 0 aliphatic carbocycles. The minimum atomic E-state index is -1.46. The molecule has 0 heterocycles. The Morgan fingerprint density at radius 1 is 1.03 bits per heavy atom. The highest BCUT2D eigenvalue weighted by Gasteiger charge is 2.39. The lowest BCUT2D eigenvalue weighted by atomic mass is 9.86. The molecule has 0 bridgehead atoms. The van der Waals surface area contributed by atoms with E-state index in [-0.39, 0.29) is 0 Å². The number of nitrogens with zero attached hydrogens (tertiary/aromatic N) is 1. The fourth-order valence-electron chi connectivity index (χ4n) is 4.08. The van der Waals surface area contributed by atoms with Crippen molar-refractivity contribution in [2.45, 2.75) is 52.2 Å². The summed E-state index contributed by atoms with van der Waals surface area (Å²) in [4.78, 5) is 12.7. The van der Waals surface area contributed by atoms with Crippen molar-refractivity contribution in [1.29, 1.82) is 5.26 Å². The van der Waals surface area contributed by atoms with E-state index in [0.29, 0.717) is 42.4 Å². The van der Waals surface area contributed by atoms with Crippen LogP contribution >= 0.6 is 0 Å². The normalized spacial score (nSPS) is 12.4. The number of aryl methyl sites for hydroxylation is 2. The van der Waals surface area contributed by atoms with Gasteiger partial charge < -0.3 is 19.9 Å². The number of aliphatic carboxylic acids is 1. The van der Waals surface area contributed by atoms with Gasteiger partial charge in [-0.05, 0) is 66.8 Å². The summed E-state index contributed by atoms with van der Waals surface area (Å²) >= 11 is 0. The number of nitriles is 1. The monoisotopic (exact) mass is 486 g/mol. The van der Waals surface area contributed by atoms with Gasteiger partial charge in [0.05, 0.1) is 24.8 Å². The molecule has 3 rings (SSSR count). The Hall–Kier alpha value is -3.82. The highest BCUT2D eigenvalue weighted by molar-refractivity contribution is 5.85. The van der Waals surface area contributed by atoms with E-state index in [1.165, 1.54) is 0 Å². The summed E-state index contributed by atoms with van der Waals surface area (Å²) < 4.78 is 12.1. The first-order valence-electron chi connectivity index (χ1n) is 12.3. The van der Waals surface area contributed by atoms with E-state index in [1.807, 2.05) is 36.4 Å². The zero-order valence-electron chi connectivity index (χ0n) is 21.2. The maximum Gasteiger partial charge on any atom is 0.333 e. The number of carboxylic acids is 1. The molecule has 188 valence electrons. The van der Waals surface area contributed by atoms with Crippen molar-refractivity contribution in [2.75, 3.05) is 18.5 Å². The van der Waals surface area contributed by atoms with Gasteiger partial charge in [-0.15, -0.1) is 0 Å². The highest BCUT2D eigenvalue weighted by Crippen LogP contribution is 2.38. The van der Waals surface area contributed by atoms with E-state index in [9.17, 15) is 9.90 Å². The molecule has 36 heavy (non-hydrogen) atoms. The van der Waals surface area contributed by atoms with Gasteiger partial charge >= 0.3 is 5.97 Å². The maximum atomic E-state index is 12.7. The van der Waals surface area contributed by atoms with Gasteiger partial charge in [-0.1, -0.05) is 56.7 Å². The van der Waals surface area contributed by atoms with Crippen molar-refractivity contribution in [3.8, 4) is 11.8 Å². The highest BCUT2D eigenvalue weighted by atomic mass is 16.5. The minimum absolute atomic E-state index is 0.300. The smallest absolute Gasteiger partial charge is 0.333 e. The van der Waals surface area contributed by atoms with Crippen LogP contribution < -0.4 is 10.1 Å². The van der Waals surface area contributed by atoms with Gasteiger partial charge in [-0.25, -0.2) is 4.79 Å². The van der Waals surface area contributed by atoms with Crippen molar-refractivity contribution >= 4 is 11.7 Å². The second kappa shape index (κ2) is 12.8. The van der Waals surface area contributed by atoms with Gasteiger partial charge in [-0.3, -0.25) is 0 Å². The summed E-state index contributed by atoms with van der Waals surface area (Å²) in [5, 5.41) is 22.7. The SMILES string of the molecule is CCCc1cc(CC)cc(C(C)(Nc2ccc(C#N)cc2)C(=O)O)c1OCCOCc1ccccc1. The summed E-state index contributed by atoms with van der Waals surface area (Å²) in [6.45, 7) is 6.96. The Morgan fingerprint density at radius 2 is 1.75 bits per heavy atom. The zero-order valence-corrected chi connectivity index (χ0v) is 21.2. The summed E-state index contributed by atoms with van der Waals surface area (Å²) in [6, 6.07) is 22.8. The Morgan fingerprint density at radius 3 is 2.36 bits per heavy atom. The fraction of sp³-hybridized carbons (Fsp3) is 0.333. The van der Waals surface area contributed by atoms with Gasteiger partial charge in [0.2, 0.25) is 0 Å². The first kappa shape index (κ1) is 26.8. The quantitative estimate of drug-likeness (QED) is 0.285. The van der Waals surface area contributed by atoms with Crippen LogP contribution in [0, 0.1) is 11.3 Å². The number of hydrogen-bond acceptors (Lipinski definition) is 5. The predicted octanol–water partition coefficient (Wildman–Crippen LogP) is 6.08. The van der Waals surface area contributed by atoms with Crippen molar-refractivity contribution in [1.82, 2.24) is 0 Å². The summed E-state index contributed by atoms with van der Waals surface area (Å²) in [5.41, 5.74) is 3.36. The zero-order chi connectivity index (χ0) is 26.0. The van der Waals surface area contributed by atoms with Crippen LogP contribution in [0.3, 0.4) is 0 Å². The second-order valence-corrected chi connectivity index (χ2v) is 8.87. The van der Waals surface area contributed by atoms with Crippen LogP contribution in [0.25, 0.3) is 0 Å². The molecular formula is C30H34N2O4. The van der Waals surface area contributed by atoms with Gasteiger partial charge in [0.1, 0.15) is 12.4 Å². The largest absolute Gasteiger partial charge is 0.491 e. The van der Waals surface area contributed by atoms with Crippen LogP contribution in [-0.4, -0.2) is 24.3 Å². The molecule has 0 aromatic heterocycles. The third kappa shape index (κ3) is 6.65. The Balaban J connectivity index is 1.90. The standard InChI is InChI=1S/C30H34N2O4/c1-4-9-25-18-22(5-2)19-27(28(25)36-17-16-35-21-24-10-7-6-8-11-24)30(3,29(33)34)32-26-14-12-23(20-31)13-15-26/h6-8,10-15,18-19,32H,4-5,9,16-17,21H2,1-3H3,(H,33,34). The number of benzene rings is 3. The van der Waals surface area contributed by atoms with Crippen molar-refractivity contribution < 1.29 is 19.4 Å². The lowest BCUT2D eigenvalue weighted by Crippen LogP contribution is -2.41. The number of rotatable bonds is 13. The van der Waals surface area contributed by atoms with Crippen molar-refractivity contribution in [3.05, 3.63) is 94.5 Å². The molecule has 2 N–H and O–H groups in total. The summed E-state index contributed by atoms with van der Waals surface area (Å²) in [7, 11) is 0. The van der Waals surface area contributed by atoms with Crippen molar-refractivity contribution in [3.63, 3.8) is 0 Å². The van der Waals surface area contributed by atoms with E-state index in [4.69, 9.17) is 14.7 Å². The predicted molar refractivity (Wildman–Crippen MR) is 141 cm³/mol. The first-order valence-corrected chi connectivity index (χ1v) is 12.3. The number of ether oxygens (including phenoxy) is 2. The maximum absolute atomic E-state index is 12.7. The lowest BCUT2D eigenvalue weighted by molar-refractivity contribution is -0.142. The number of hydrogen-bond donors (Lipinski definition) is 2. The number of carboxylic acid groups (broad SMARTS) is 1. The molecule has 0 amide bonds. The van der Waals surface area contributed by atoms with E-state index in [1.54, 1.807) is 31.2 Å². The van der Waals surface area contributed by atoms with E-state index >= 15 is 0 Å². The second-order valence-electron chi connectivity index (χ2n) is 8.87. The van der Waals surface area contributed by atoms with Gasteiger partial charge in [-0.2, -0.15) is 5.26 Å². The molecule has 6 nitrogen and oxygen atoms in total. The Bertz CT molecular complexity index is 1190. The molecule has 3 aromatic carbocycles. The molecule has 6 heteroatoms. The third-order valence-corrected chi connectivity index (χ3v) is 6.11. The molecule has 1 atom stereocenters. The van der Waals surface area contributed by atoms with Crippen LogP contribution in [0.4, 0.5) is 5.69 Å². The van der Waals surface area contributed by atoms with Crippen LogP contribution in [0.2, 0.25) is 0 Å². The van der Waals surface area contributed by atoms with Gasteiger partial charge in [0, 0.05) is 11.3 Å². The fourth-order valence-corrected chi connectivity index (χ4v) is 4.08. The van der Waals surface area contributed by atoms with Crippen LogP contribution in [0.5, 0.6) is 5.75 Å². The average Bonchev–Trinajstić information content (AvgIpc) is 2.89. The van der Waals surface area contributed by atoms with E-state index in [2.05, 4.69) is 31.3 Å². The molecule has 3 aromatic rings. The first-order chi connectivity index (χ1) is 17.4. The average molecular weight is 487 g/mol. The Kier molecular flexibility index (Phi) is 9.49. The molecule has 0 saturated heterocycles. The van der Waals surface area contributed by atoms with E-state index < -0.39 is 11.5 Å². The third-order valence-electron chi connectivity index (χ3n) is 6.11. The minimum Gasteiger partial charge on any atom is -0.491 e. The Labute approximate surface area is 213 Å². The van der Waals surface area contributed by atoms with Gasteiger partial charge in [0.25, 0.3) is 0 Å². The van der Waals surface area contributed by atoms with Crippen LogP contribution in [0.1, 0.15) is 55.0 Å². The molecule has 0 radical (unpaired) electrons. The summed E-state index contributed by atoms with van der Waals surface area (Å²) in [5.74, 6) is -0.434. The lowest BCUT2D eigenvalue weighted by Gasteiger charge is -2.31. The molecular weight excluding hydrogens is 452 g/mol.